The number of fused-ring (bicyclic) bond motifs is 3. The van der Waals surface area contributed by atoms with E-state index in [2.05, 4.69) is 23.1 Å². The maximum atomic E-state index is 11.2. The molecule has 0 unspecified atom stereocenters. The van der Waals surface area contributed by atoms with Gasteiger partial charge in [0, 0.05) is 37.3 Å². The summed E-state index contributed by atoms with van der Waals surface area (Å²) in [6.45, 7) is 2.47. The molecule has 3 aliphatic heterocycles. The fraction of sp³-hybridized carbons (Fsp3) is 0.533. The van der Waals surface area contributed by atoms with Crippen molar-refractivity contribution in [2.45, 2.75) is 31.2 Å². The Kier molecular flexibility index (Phi) is 2.28. The summed E-state index contributed by atoms with van der Waals surface area (Å²) in [4.78, 5) is 15.3. The largest absolute Gasteiger partial charge is 0.465 e. The molecular weight excluding hydrogens is 240 g/mol. The molecule has 0 bridgehead atoms. The Labute approximate surface area is 112 Å². The number of hydrogen-bond donors (Lipinski definition) is 1. The van der Waals surface area contributed by atoms with E-state index < -0.39 is 6.09 Å². The smallest absolute Gasteiger partial charge is 0.407 e. The molecule has 1 fully saturated rings. The molecule has 0 spiro atoms. The van der Waals surface area contributed by atoms with Crippen molar-refractivity contribution in [3.8, 4) is 0 Å². The van der Waals surface area contributed by atoms with E-state index in [1.807, 2.05) is 0 Å². The number of carbonyl (C=O) groups is 1. The molecule has 0 aliphatic carbocycles. The van der Waals surface area contributed by atoms with Crippen LogP contribution in [-0.4, -0.2) is 41.8 Å². The zero-order valence-corrected chi connectivity index (χ0v) is 10.9. The Morgan fingerprint density at radius 2 is 2.21 bits per heavy atom. The quantitative estimate of drug-likeness (QED) is 0.776. The van der Waals surface area contributed by atoms with Gasteiger partial charge in [0.05, 0.1) is 0 Å². The molecule has 1 aromatic rings. The van der Waals surface area contributed by atoms with Gasteiger partial charge in [-0.25, -0.2) is 4.79 Å². The summed E-state index contributed by atoms with van der Waals surface area (Å²) in [5.41, 5.74) is 4.27. The van der Waals surface area contributed by atoms with Crippen molar-refractivity contribution in [3.63, 3.8) is 0 Å². The van der Waals surface area contributed by atoms with E-state index in [4.69, 9.17) is 0 Å². The molecule has 0 aromatic heterocycles. The highest BCUT2D eigenvalue weighted by atomic mass is 16.4. The summed E-state index contributed by atoms with van der Waals surface area (Å²) in [7, 11) is 0. The third-order valence-electron chi connectivity index (χ3n) is 4.93. The van der Waals surface area contributed by atoms with E-state index >= 15 is 0 Å². The van der Waals surface area contributed by atoms with Crippen molar-refractivity contribution in [1.82, 2.24) is 4.90 Å². The first-order valence-electron chi connectivity index (χ1n) is 7.12. The Balaban J connectivity index is 1.76. The van der Waals surface area contributed by atoms with Gasteiger partial charge in [0.2, 0.25) is 0 Å². The Bertz CT molecular complexity index is 543. The van der Waals surface area contributed by atoms with E-state index in [-0.39, 0.29) is 0 Å². The van der Waals surface area contributed by atoms with Crippen LogP contribution in [0.25, 0.3) is 0 Å². The zero-order valence-electron chi connectivity index (χ0n) is 10.9. The van der Waals surface area contributed by atoms with Crippen molar-refractivity contribution < 1.29 is 9.90 Å². The molecule has 1 saturated heterocycles. The molecule has 1 aromatic carbocycles. The van der Waals surface area contributed by atoms with Crippen LogP contribution in [0.15, 0.2) is 18.2 Å². The highest BCUT2D eigenvalue weighted by Crippen LogP contribution is 2.48. The molecule has 3 aliphatic rings. The third kappa shape index (κ3) is 1.49. The van der Waals surface area contributed by atoms with Gasteiger partial charge in [-0.15, -0.1) is 0 Å². The summed E-state index contributed by atoms with van der Waals surface area (Å²) in [6.07, 6.45) is 2.58. The lowest BCUT2D eigenvalue weighted by Gasteiger charge is -2.39. The van der Waals surface area contributed by atoms with E-state index in [0.29, 0.717) is 25.0 Å². The van der Waals surface area contributed by atoms with Gasteiger partial charge < -0.3 is 14.9 Å². The van der Waals surface area contributed by atoms with Crippen LogP contribution in [0.1, 0.15) is 29.9 Å². The number of hydrogen-bond acceptors (Lipinski definition) is 2. The number of carboxylic acid groups (broad SMARTS) is 1. The molecule has 4 nitrogen and oxygen atoms in total. The Morgan fingerprint density at radius 3 is 3.05 bits per heavy atom. The van der Waals surface area contributed by atoms with Crippen molar-refractivity contribution in [1.29, 1.82) is 0 Å². The molecule has 2 atom stereocenters. The fourth-order valence-corrected chi connectivity index (χ4v) is 4.14. The maximum absolute atomic E-state index is 11.2. The highest BCUT2D eigenvalue weighted by molar-refractivity contribution is 5.70. The number of likely N-dealkylation sites (tertiary alicyclic amines) is 1. The maximum Gasteiger partial charge on any atom is 0.407 e. The summed E-state index contributed by atoms with van der Waals surface area (Å²) in [5.74, 6) is 0.373. The summed E-state index contributed by atoms with van der Waals surface area (Å²) in [6, 6.07) is 7.09. The lowest BCUT2D eigenvalue weighted by molar-refractivity contribution is 0.127. The van der Waals surface area contributed by atoms with Gasteiger partial charge in [-0.1, -0.05) is 18.2 Å². The molecule has 0 saturated carbocycles. The SMILES string of the molecule is O=C(O)N1CC[C@H]2[C@@H](C1)c1cccc3c1N2CCC3. The predicted octanol–water partition coefficient (Wildman–Crippen LogP) is 2.29. The van der Waals surface area contributed by atoms with Crippen LogP contribution in [0.4, 0.5) is 10.5 Å². The first-order valence-corrected chi connectivity index (χ1v) is 7.12. The van der Waals surface area contributed by atoms with Crippen LogP contribution in [0.5, 0.6) is 0 Å². The molecule has 4 heteroatoms. The number of rotatable bonds is 0. The van der Waals surface area contributed by atoms with E-state index in [1.54, 1.807) is 4.90 Å². The first kappa shape index (κ1) is 11.1. The van der Waals surface area contributed by atoms with Gasteiger partial charge in [0.25, 0.3) is 0 Å². The lowest BCUT2D eigenvalue weighted by Crippen LogP contribution is -2.48. The van der Waals surface area contributed by atoms with Crippen molar-refractivity contribution in [2.24, 2.45) is 0 Å². The molecule has 4 rings (SSSR count). The van der Waals surface area contributed by atoms with E-state index in [0.717, 1.165) is 13.0 Å². The van der Waals surface area contributed by atoms with E-state index in [1.165, 1.54) is 29.7 Å². The Morgan fingerprint density at radius 1 is 1.32 bits per heavy atom. The Hall–Kier alpha value is -1.71. The number of amides is 1. The van der Waals surface area contributed by atoms with Crippen molar-refractivity contribution >= 4 is 11.8 Å². The number of anilines is 1. The van der Waals surface area contributed by atoms with Crippen LogP contribution in [0.3, 0.4) is 0 Å². The first-order chi connectivity index (χ1) is 9.25. The van der Waals surface area contributed by atoms with Gasteiger partial charge in [0.1, 0.15) is 0 Å². The minimum Gasteiger partial charge on any atom is -0.465 e. The average molecular weight is 258 g/mol. The van der Waals surface area contributed by atoms with Gasteiger partial charge in [-0.2, -0.15) is 0 Å². The zero-order chi connectivity index (χ0) is 13.0. The highest BCUT2D eigenvalue weighted by Gasteiger charge is 2.44. The second kappa shape index (κ2) is 3.89. The van der Waals surface area contributed by atoms with Crippen molar-refractivity contribution in [2.75, 3.05) is 24.5 Å². The minimum absolute atomic E-state index is 0.373. The molecular formula is C15H18N2O2. The van der Waals surface area contributed by atoms with Crippen LogP contribution in [-0.2, 0) is 6.42 Å². The summed E-state index contributed by atoms with van der Waals surface area (Å²) in [5, 5.41) is 9.21. The normalized spacial score (nSPS) is 28.0. The second-order valence-corrected chi connectivity index (χ2v) is 5.84. The van der Waals surface area contributed by atoms with Crippen molar-refractivity contribution in [3.05, 3.63) is 29.3 Å². The fourth-order valence-electron chi connectivity index (χ4n) is 4.14. The number of benzene rings is 1. The monoisotopic (exact) mass is 258 g/mol. The number of aryl methyl sites for hydroxylation is 1. The van der Waals surface area contributed by atoms with Crippen LogP contribution < -0.4 is 4.90 Å². The van der Waals surface area contributed by atoms with Gasteiger partial charge in [-0.05, 0) is 30.4 Å². The van der Waals surface area contributed by atoms with Gasteiger partial charge in [0.15, 0.2) is 0 Å². The molecule has 100 valence electrons. The van der Waals surface area contributed by atoms with Crippen LogP contribution in [0, 0.1) is 0 Å². The summed E-state index contributed by atoms with van der Waals surface area (Å²) >= 11 is 0. The van der Waals surface area contributed by atoms with Gasteiger partial charge in [-0.3, -0.25) is 0 Å². The predicted molar refractivity (Wildman–Crippen MR) is 72.9 cm³/mol. The number of para-hydroxylation sites is 1. The molecule has 19 heavy (non-hydrogen) atoms. The second-order valence-electron chi connectivity index (χ2n) is 5.84. The topological polar surface area (TPSA) is 43.8 Å². The number of piperidine rings is 1. The molecule has 3 heterocycles. The third-order valence-corrected chi connectivity index (χ3v) is 4.93. The van der Waals surface area contributed by atoms with Crippen LogP contribution >= 0.6 is 0 Å². The number of nitrogens with zero attached hydrogens (tertiary/aromatic N) is 2. The lowest BCUT2D eigenvalue weighted by atomic mass is 9.89. The van der Waals surface area contributed by atoms with E-state index in [9.17, 15) is 9.90 Å². The average Bonchev–Trinajstić information content (AvgIpc) is 2.76. The molecule has 1 N–H and O–H groups in total. The minimum atomic E-state index is -0.774. The molecule has 1 amide bonds. The molecule has 0 radical (unpaired) electrons. The van der Waals surface area contributed by atoms with Gasteiger partial charge >= 0.3 is 6.09 Å². The van der Waals surface area contributed by atoms with Crippen LogP contribution in [0.2, 0.25) is 0 Å². The standard InChI is InChI=1S/C15H18N2O2/c18-15(19)16-8-6-13-12(9-16)11-5-1-3-10-4-2-7-17(13)14(10)11/h1,3,5,12-13H,2,4,6-9H2,(H,18,19)/t12-,13-/m0/s1. The summed E-state index contributed by atoms with van der Waals surface area (Å²) < 4.78 is 0.